The second-order valence-electron chi connectivity index (χ2n) is 9.04. The van der Waals surface area contributed by atoms with Gasteiger partial charge in [0.2, 0.25) is 5.89 Å². The number of nitrogens with two attached hydrogens (primary N) is 1. The number of hydrogen-bond donors (Lipinski definition) is 2. The van der Waals surface area contributed by atoms with Crippen molar-refractivity contribution in [3.8, 4) is 22.7 Å². The molecule has 12 nitrogen and oxygen atoms in total. The number of amides is 1. The van der Waals surface area contributed by atoms with Gasteiger partial charge in [-0.05, 0) is 30.2 Å². The first-order valence-corrected chi connectivity index (χ1v) is 11.9. The van der Waals surface area contributed by atoms with Gasteiger partial charge in [-0.2, -0.15) is 13.2 Å². The molecule has 0 saturated carbocycles. The third kappa shape index (κ3) is 7.97. The van der Waals surface area contributed by atoms with Crippen molar-refractivity contribution in [2.45, 2.75) is 39.1 Å². The van der Waals surface area contributed by atoms with E-state index in [0.29, 0.717) is 28.4 Å². The van der Waals surface area contributed by atoms with Crippen LogP contribution in [0.4, 0.5) is 28.0 Å². The van der Waals surface area contributed by atoms with Crippen LogP contribution in [0.3, 0.4) is 0 Å². The van der Waals surface area contributed by atoms with Crippen LogP contribution in [0.5, 0.6) is 0 Å². The number of halogens is 4. The van der Waals surface area contributed by atoms with Gasteiger partial charge in [0.15, 0.2) is 6.10 Å². The maximum Gasteiger partial charge on any atom is 0.490 e. The lowest BCUT2D eigenvalue weighted by Crippen LogP contribution is -2.38. The van der Waals surface area contributed by atoms with Crippen molar-refractivity contribution in [1.29, 1.82) is 0 Å². The highest BCUT2D eigenvalue weighted by atomic mass is 19.4. The first-order valence-electron chi connectivity index (χ1n) is 11.9. The standard InChI is InChI=1S/C23H24FN5O5.C2HF3O2/c1-12(2)20(25)22(30)32-11-16-10-29(23(31)34-16)15-5-6-17(18(24)8-15)14-4-7-19(26-9-14)21-28-27-13(3)33-21;3-2(4,5)1(6)7/h4-9,12,16,20H,10-11,25H2,1-3H3;(H,6,7)/t16-,20?;/m1./s1. The summed E-state index contributed by atoms with van der Waals surface area (Å²) in [6.45, 7) is 5.28. The molecule has 3 heterocycles. The molecule has 1 aromatic carbocycles. The van der Waals surface area contributed by atoms with Crippen molar-refractivity contribution in [3.05, 3.63) is 48.2 Å². The normalized spacial score (nSPS) is 15.7. The van der Waals surface area contributed by atoms with Crippen molar-refractivity contribution in [2.75, 3.05) is 18.1 Å². The molecule has 41 heavy (non-hydrogen) atoms. The number of carbonyl (C=O) groups is 3. The van der Waals surface area contributed by atoms with Crippen LogP contribution < -0.4 is 10.6 Å². The fourth-order valence-corrected chi connectivity index (χ4v) is 3.35. The van der Waals surface area contributed by atoms with Gasteiger partial charge in [0.05, 0.1) is 12.2 Å². The molecule has 1 saturated heterocycles. The van der Waals surface area contributed by atoms with Gasteiger partial charge in [0.1, 0.15) is 24.2 Å². The van der Waals surface area contributed by atoms with Crippen LogP contribution in [0.2, 0.25) is 0 Å². The van der Waals surface area contributed by atoms with Gasteiger partial charge in [0.25, 0.3) is 5.89 Å². The lowest BCUT2D eigenvalue weighted by Gasteiger charge is -2.16. The Hall–Kier alpha value is -4.60. The predicted molar refractivity (Wildman–Crippen MR) is 133 cm³/mol. The Morgan fingerprint density at radius 1 is 1.22 bits per heavy atom. The fraction of sp³-hybridized carbons (Fsp3) is 0.360. The van der Waals surface area contributed by atoms with Crippen molar-refractivity contribution in [1.82, 2.24) is 15.2 Å². The van der Waals surface area contributed by atoms with E-state index < -0.39 is 42.2 Å². The number of esters is 1. The highest BCUT2D eigenvalue weighted by Crippen LogP contribution is 2.30. The average molecular weight is 583 g/mol. The Bertz CT molecular complexity index is 1400. The van der Waals surface area contributed by atoms with Gasteiger partial charge in [-0.15, -0.1) is 10.2 Å². The summed E-state index contributed by atoms with van der Waals surface area (Å²) in [7, 11) is 0. The van der Waals surface area contributed by atoms with E-state index in [0.717, 1.165) is 0 Å². The molecular weight excluding hydrogens is 558 g/mol. The number of nitrogens with zero attached hydrogens (tertiary/aromatic N) is 4. The largest absolute Gasteiger partial charge is 0.490 e. The minimum absolute atomic E-state index is 0.0777. The lowest BCUT2D eigenvalue weighted by molar-refractivity contribution is -0.192. The van der Waals surface area contributed by atoms with E-state index in [-0.39, 0.29) is 25.0 Å². The van der Waals surface area contributed by atoms with E-state index in [1.807, 2.05) is 0 Å². The molecule has 1 amide bonds. The van der Waals surface area contributed by atoms with Gasteiger partial charge < -0.3 is 24.7 Å². The number of aryl methyl sites for hydroxylation is 1. The van der Waals surface area contributed by atoms with Crippen LogP contribution >= 0.6 is 0 Å². The number of carboxylic acid groups (broad SMARTS) is 1. The molecule has 4 rings (SSSR count). The molecule has 0 spiro atoms. The van der Waals surface area contributed by atoms with E-state index in [1.165, 1.54) is 17.2 Å². The van der Waals surface area contributed by atoms with Gasteiger partial charge >= 0.3 is 24.2 Å². The van der Waals surface area contributed by atoms with Crippen molar-refractivity contribution in [3.63, 3.8) is 0 Å². The number of pyridine rings is 1. The molecule has 1 unspecified atom stereocenters. The number of anilines is 1. The average Bonchev–Trinajstić information content (AvgIpc) is 3.51. The summed E-state index contributed by atoms with van der Waals surface area (Å²) < 4.78 is 62.4. The van der Waals surface area contributed by atoms with E-state index in [9.17, 15) is 27.2 Å². The zero-order valence-electron chi connectivity index (χ0n) is 21.9. The molecule has 1 fully saturated rings. The van der Waals surface area contributed by atoms with Crippen molar-refractivity contribution < 1.29 is 50.9 Å². The number of hydrogen-bond acceptors (Lipinski definition) is 10. The molecular formula is C25H25F4N5O7. The summed E-state index contributed by atoms with van der Waals surface area (Å²) in [4.78, 5) is 38.7. The van der Waals surface area contributed by atoms with Crippen LogP contribution in [0.1, 0.15) is 19.7 Å². The van der Waals surface area contributed by atoms with Gasteiger partial charge in [-0.3, -0.25) is 14.7 Å². The Labute approximate surface area is 230 Å². The fourth-order valence-electron chi connectivity index (χ4n) is 3.35. The van der Waals surface area contributed by atoms with E-state index in [4.69, 9.17) is 29.5 Å². The number of ether oxygens (including phenoxy) is 2. The molecule has 220 valence electrons. The van der Waals surface area contributed by atoms with Crippen LogP contribution in [0.15, 0.2) is 40.9 Å². The number of aliphatic carboxylic acids is 1. The Morgan fingerprint density at radius 3 is 2.41 bits per heavy atom. The van der Waals surface area contributed by atoms with E-state index >= 15 is 0 Å². The number of aromatic nitrogens is 3. The van der Waals surface area contributed by atoms with Gasteiger partial charge in [0, 0.05) is 24.2 Å². The first-order chi connectivity index (χ1) is 19.2. The number of cyclic esters (lactones) is 1. The Morgan fingerprint density at radius 2 is 1.90 bits per heavy atom. The van der Waals surface area contributed by atoms with E-state index in [2.05, 4.69) is 15.2 Å². The molecule has 3 aromatic rings. The summed E-state index contributed by atoms with van der Waals surface area (Å²) in [6.07, 6.45) is -4.91. The molecule has 2 aromatic heterocycles. The summed E-state index contributed by atoms with van der Waals surface area (Å²) in [6, 6.07) is 7.00. The summed E-state index contributed by atoms with van der Waals surface area (Å²) in [5.41, 5.74) is 7.41. The molecule has 0 radical (unpaired) electrons. The highest BCUT2D eigenvalue weighted by molar-refractivity contribution is 5.90. The van der Waals surface area contributed by atoms with Crippen LogP contribution in [-0.2, 0) is 19.1 Å². The minimum atomic E-state index is -5.08. The maximum absolute atomic E-state index is 14.9. The molecule has 0 bridgehead atoms. The van der Waals surface area contributed by atoms with Crippen molar-refractivity contribution in [2.24, 2.45) is 11.7 Å². The monoisotopic (exact) mass is 583 g/mol. The summed E-state index contributed by atoms with van der Waals surface area (Å²) in [5, 5.41) is 14.8. The molecule has 3 N–H and O–H groups in total. The van der Waals surface area contributed by atoms with Gasteiger partial charge in [-0.25, -0.2) is 14.0 Å². The maximum atomic E-state index is 14.9. The van der Waals surface area contributed by atoms with Crippen LogP contribution in [-0.4, -0.2) is 69.8 Å². The van der Waals surface area contributed by atoms with E-state index in [1.54, 1.807) is 45.0 Å². The number of carbonyl (C=O) groups excluding carboxylic acids is 2. The third-order valence-electron chi connectivity index (χ3n) is 5.60. The molecule has 1 aliphatic rings. The Balaban J connectivity index is 0.000000587. The van der Waals surface area contributed by atoms with Gasteiger partial charge in [-0.1, -0.05) is 19.9 Å². The first kappa shape index (κ1) is 30.9. The predicted octanol–water partition coefficient (Wildman–Crippen LogP) is 3.73. The molecule has 0 aliphatic carbocycles. The Kier molecular flexibility index (Phi) is 9.59. The van der Waals surface area contributed by atoms with Crippen LogP contribution in [0.25, 0.3) is 22.7 Å². The van der Waals surface area contributed by atoms with Crippen LogP contribution in [0, 0.1) is 18.7 Å². The zero-order valence-corrected chi connectivity index (χ0v) is 21.9. The number of rotatable bonds is 7. The summed E-state index contributed by atoms with van der Waals surface area (Å²) >= 11 is 0. The topological polar surface area (TPSA) is 171 Å². The molecule has 16 heteroatoms. The SMILES string of the molecule is Cc1nnc(-c2ccc(-c3ccc(N4C[C@H](COC(=O)C(N)C(C)C)OC4=O)cc3F)cn2)o1.O=C(O)C(F)(F)F. The zero-order chi connectivity index (χ0) is 30.5. The molecule has 2 atom stereocenters. The number of alkyl halides is 3. The second kappa shape index (κ2) is 12.7. The second-order valence-corrected chi connectivity index (χ2v) is 9.04. The summed E-state index contributed by atoms with van der Waals surface area (Å²) in [5.74, 6) is -3.24. The number of benzene rings is 1. The third-order valence-corrected chi connectivity index (χ3v) is 5.60. The van der Waals surface area contributed by atoms with Crippen molar-refractivity contribution >= 4 is 23.7 Å². The highest BCUT2D eigenvalue weighted by Gasteiger charge is 2.38. The smallest absolute Gasteiger partial charge is 0.475 e. The lowest BCUT2D eigenvalue weighted by atomic mass is 10.1. The number of carboxylic acids is 1. The molecule has 1 aliphatic heterocycles. The quantitative estimate of drug-likeness (QED) is 0.307. The minimum Gasteiger partial charge on any atom is -0.475 e.